The van der Waals surface area contributed by atoms with Crippen LogP contribution in [0.3, 0.4) is 0 Å². The zero-order valence-electron chi connectivity index (χ0n) is 14.2. The Labute approximate surface area is 146 Å². The quantitative estimate of drug-likeness (QED) is 0.780. The second-order valence-electron chi connectivity index (χ2n) is 6.54. The summed E-state index contributed by atoms with van der Waals surface area (Å²) in [5.41, 5.74) is 2.03. The van der Waals surface area contributed by atoms with Gasteiger partial charge in [0.05, 0.1) is 11.3 Å². The summed E-state index contributed by atoms with van der Waals surface area (Å²) in [6.45, 7) is 1.88. The molecule has 1 aromatic carbocycles. The summed E-state index contributed by atoms with van der Waals surface area (Å²) in [5, 5.41) is 7.76. The number of benzene rings is 1. The van der Waals surface area contributed by atoms with Gasteiger partial charge in [0.2, 0.25) is 0 Å². The van der Waals surface area contributed by atoms with Gasteiger partial charge in [-0.2, -0.15) is 5.10 Å². The number of para-hydroxylation sites is 1. The van der Waals surface area contributed by atoms with Crippen molar-refractivity contribution < 1.29 is 9.21 Å². The molecule has 0 unspecified atom stereocenters. The van der Waals surface area contributed by atoms with Gasteiger partial charge < -0.3 is 9.73 Å². The summed E-state index contributed by atoms with van der Waals surface area (Å²) in [6.07, 6.45) is 6.24. The summed E-state index contributed by atoms with van der Waals surface area (Å²) in [6, 6.07) is 13.8. The third-order valence-electron chi connectivity index (χ3n) is 4.64. The fourth-order valence-corrected chi connectivity index (χ4v) is 3.33. The van der Waals surface area contributed by atoms with Crippen LogP contribution < -0.4 is 5.32 Å². The highest BCUT2D eigenvalue weighted by atomic mass is 16.3. The Hall–Kier alpha value is -2.82. The summed E-state index contributed by atoms with van der Waals surface area (Å²) in [7, 11) is 0. The lowest BCUT2D eigenvalue weighted by Gasteiger charge is -2.11. The number of hydrogen-bond donors (Lipinski definition) is 1. The Morgan fingerprint density at radius 1 is 1.16 bits per heavy atom. The highest BCUT2D eigenvalue weighted by Crippen LogP contribution is 2.26. The largest absolute Gasteiger partial charge is 0.460 e. The highest BCUT2D eigenvalue weighted by molar-refractivity contribution is 5.99. The molecule has 128 valence electrons. The van der Waals surface area contributed by atoms with Gasteiger partial charge in [-0.3, -0.25) is 4.79 Å². The van der Waals surface area contributed by atoms with Crippen molar-refractivity contribution in [3.05, 3.63) is 60.0 Å². The molecular weight excluding hydrogens is 314 g/mol. The average Bonchev–Trinajstić information content (AvgIpc) is 3.35. The molecule has 0 atom stereocenters. The van der Waals surface area contributed by atoms with Crippen LogP contribution in [0.2, 0.25) is 0 Å². The summed E-state index contributed by atoms with van der Waals surface area (Å²) in [4.78, 5) is 12.8. The van der Waals surface area contributed by atoms with E-state index in [4.69, 9.17) is 4.42 Å². The Bertz CT molecular complexity index is 873. The SMILES string of the molecule is Cc1ccc(-c2nn(-c3ccccc3)cc2C(=O)NC2CCCC2)o1. The zero-order valence-corrected chi connectivity index (χ0v) is 14.2. The number of nitrogens with one attached hydrogen (secondary N) is 1. The van der Waals surface area contributed by atoms with E-state index in [1.807, 2.05) is 49.4 Å². The smallest absolute Gasteiger partial charge is 0.255 e. The van der Waals surface area contributed by atoms with Gasteiger partial charge in [-0.15, -0.1) is 0 Å². The Morgan fingerprint density at radius 3 is 2.60 bits per heavy atom. The first-order valence-electron chi connectivity index (χ1n) is 8.73. The Balaban J connectivity index is 1.72. The molecule has 0 radical (unpaired) electrons. The van der Waals surface area contributed by atoms with E-state index in [9.17, 15) is 4.79 Å². The minimum atomic E-state index is -0.0851. The van der Waals surface area contributed by atoms with Crippen LogP contribution in [0, 0.1) is 6.92 Å². The minimum absolute atomic E-state index is 0.0851. The summed E-state index contributed by atoms with van der Waals surface area (Å²) < 4.78 is 7.46. The van der Waals surface area contributed by atoms with E-state index in [1.165, 1.54) is 12.8 Å². The third-order valence-corrected chi connectivity index (χ3v) is 4.64. The predicted octanol–water partition coefficient (Wildman–Crippen LogP) is 4.11. The van der Waals surface area contributed by atoms with Crippen LogP contribution in [0.15, 0.2) is 53.1 Å². The maximum absolute atomic E-state index is 12.8. The Kier molecular flexibility index (Phi) is 4.14. The van der Waals surface area contributed by atoms with E-state index in [0.717, 1.165) is 24.3 Å². The second-order valence-corrected chi connectivity index (χ2v) is 6.54. The monoisotopic (exact) mass is 335 g/mol. The fraction of sp³-hybridized carbons (Fsp3) is 0.300. The van der Waals surface area contributed by atoms with Crippen LogP contribution in [0.25, 0.3) is 17.1 Å². The number of furan rings is 1. The molecule has 25 heavy (non-hydrogen) atoms. The predicted molar refractivity (Wildman–Crippen MR) is 95.7 cm³/mol. The number of carbonyl (C=O) groups excluding carboxylic acids is 1. The maximum Gasteiger partial charge on any atom is 0.255 e. The lowest BCUT2D eigenvalue weighted by atomic mass is 10.1. The highest BCUT2D eigenvalue weighted by Gasteiger charge is 2.24. The van der Waals surface area contributed by atoms with Crippen LogP contribution in [0.1, 0.15) is 41.8 Å². The maximum atomic E-state index is 12.8. The molecule has 0 bridgehead atoms. The van der Waals surface area contributed by atoms with E-state index in [1.54, 1.807) is 10.9 Å². The zero-order chi connectivity index (χ0) is 17.2. The first-order chi connectivity index (χ1) is 12.2. The van der Waals surface area contributed by atoms with Gasteiger partial charge in [0, 0.05) is 12.2 Å². The molecule has 1 N–H and O–H groups in total. The molecule has 2 heterocycles. The van der Waals surface area contributed by atoms with Gasteiger partial charge in [0.25, 0.3) is 5.91 Å². The van der Waals surface area contributed by atoms with E-state index in [-0.39, 0.29) is 11.9 Å². The molecule has 4 rings (SSSR count). The number of aryl methyl sites for hydroxylation is 1. The van der Waals surface area contributed by atoms with Crippen LogP contribution >= 0.6 is 0 Å². The van der Waals surface area contributed by atoms with Crippen molar-refractivity contribution >= 4 is 5.91 Å². The molecule has 1 fully saturated rings. The van der Waals surface area contributed by atoms with Crippen molar-refractivity contribution in [3.8, 4) is 17.1 Å². The lowest BCUT2D eigenvalue weighted by molar-refractivity contribution is 0.0938. The molecule has 0 saturated heterocycles. The average molecular weight is 335 g/mol. The number of amides is 1. The molecule has 5 nitrogen and oxygen atoms in total. The van der Waals surface area contributed by atoms with Gasteiger partial charge in [-0.1, -0.05) is 31.0 Å². The summed E-state index contributed by atoms with van der Waals surface area (Å²) in [5.74, 6) is 1.33. The number of nitrogens with zero attached hydrogens (tertiary/aromatic N) is 2. The lowest BCUT2D eigenvalue weighted by Crippen LogP contribution is -2.32. The van der Waals surface area contributed by atoms with E-state index < -0.39 is 0 Å². The standard InChI is InChI=1S/C20H21N3O2/c1-14-11-12-18(25-14)19-17(20(24)21-15-7-5-6-8-15)13-23(22-19)16-9-3-2-4-10-16/h2-4,9-13,15H,5-8H2,1H3,(H,21,24). The first-order valence-corrected chi connectivity index (χ1v) is 8.73. The third kappa shape index (κ3) is 3.22. The molecule has 1 saturated carbocycles. The van der Waals surface area contributed by atoms with E-state index in [2.05, 4.69) is 10.4 Å². The first kappa shape index (κ1) is 15.7. The number of hydrogen-bond acceptors (Lipinski definition) is 3. The van der Waals surface area contributed by atoms with Crippen molar-refractivity contribution in [1.29, 1.82) is 0 Å². The van der Waals surface area contributed by atoms with Crippen molar-refractivity contribution in [2.45, 2.75) is 38.6 Å². The van der Waals surface area contributed by atoms with Crippen molar-refractivity contribution in [3.63, 3.8) is 0 Å². The minimum Gasteiger partial charge on any atom is -0.460 e. The summed E-state index contributed by atoms with van der Waals surface area (Å²) >= 11 is 0. The topological polar surface area (TPSA) is 60.1 Å². The van der Waals surface area contributed by atoms with Crippen LogP contribution in [0.5, 0.6) is 0 Å². The molecule has 5 heteroatoms. The number of carbonyl (C=O) groups is 1. The van der Waals surface area contributed by atoms with Crippen molar-refractivity contribution in [2.75, 3.05) is 0 Å². The molecular formula is C20H21N3O2. The van der Waals surface area contributed by atoms with Crippen LogP contribution in [-0.2, 0) is 0 Å². The molecule has 1 aliphatic carbocycles. The fourth-order valence-electron chi connectivity index (χ4n) is 3.33. The van der Waals surface area contributed by atoms with E-state index >= 15 is 0 Å². The van der Waals surface area contributed by atoms with Gasteiger partial charge in [0.15, 0.2) is 5.76 Å². The normalized spacial score (nSPS) is 14.8. The Morgan fingerprint density at radius 2 is 1.92 bits per heavy atom. The van der Waals surface area contributed by atoms with Gasteiger partial charge in [-0.25, -0.2) is 4.68 Å². The van der Waals surface area contributed by atoms with Crippen molar-refractivity contribution in [2.24, 2.45) is 0 Å². The van der Waals surface area contributed by atoms with Gasteiger partial charge >= 0.3 is 0 Å². The molecule has 1 aliphatic rings. The van der Waals surface area contributed by atoms with Crippen LogP contribution in [-0.4, -0.2) is 21.7 Å². The second kappa shape index (κ2) is 6.59. The number of aromatic nitrogens is 2. The van der Waals surface area contributed by atoms with E-state index in [0.29, 0.717) is 17.0 Å². The van der Waals surface area contributed by atoms with Crippen molar-refractivity contribution in [1.82, 2.24) is 15.1 Å². The number of rotatable bonds is 4. The molecule has 0 aliphatic heterocycles. The molecule has 0 spiro atoms. The molecule has 2 aromatic heterocycles. The van der Waals surface area contributed by atoms with Gasteiger partial charge in [0.1, 0.15) is 11.5 Å². The molecule has 1 amide bonds. The molecule has 3 aromatic rings. The van der Waals surface area contributed by atoms with Gasteiger partial charge in [-0.05, 0) is 44.0 Å². The van der Waals surface area contributed by atoms with Crippen LogP contribution in [0.4, 0.5) is 0 Å².